The second kappa shape index (κ2) is 5.80. The molecule has 15 heavy (non-hydrogen) atoms. The highest BCUT2D eigenvalue weighted by atomic mass is 16.6. The van der Waals surface area contributed by atoms with Crippen molar-refractivity contribution in [2.24, 2.45) is 5.73 Å². The Hall–Kier alpha value is -0.160. The fourth-order valence-corrected chi connectivity index (χ4v) is 2.07. The Morgan fingerprint density at radius 2 is 2.13 bits per heavy atom. The molecule has 0 aliphatic carbocycles. The molecule has 2 aliphatic rings. The van der Waals surface area contributed by atoms with Gasteiger partial charge in [0, 0.05) is 19.3 Å². The molecule has 0 spiro atoms. The summed E-state index contributed by atoms with van der Waals surface area (Å²) in [4.78, 5) is 0. The molecule has 2 heterocycles. The van der Waals surface area contributed by atoms with Crippen LogP contribution in [0.25, 0.3) is 0 Å². The van der Waals surface area contributed by atoms with Crippen molar-refractivity contribution in [2.45, 2.75) is 43.9 Å². The van der Waals surface area contributed by atoms with E-state index in [1.165, 1.54) is 12.8 Å². The monoisotopic (exact) mass is 215 g/mol. The molecular formula is C11H21NO3. The maximum atomic E-state index is 5.95. The molecule has 4 heteroatoms. The first-order valence-electron chi connectivity index (χ1n) is 5.93. The molecule has 3 atom stereocenters. The van der Waals surface area contributed by atoms with E-state index in [0.29, 0.717) is 13.2 Å². The van der Waals surface area contributed by atoms with E-state index >= 15 is 0 Å². The van der Waals surface area contributed by atoms with Crippen LogP contribution in [-0.4, -0.2) is 44.7 Å². The lowest BCUT2D eigenvalue weighted by Gasteiger charge is -2.31. The third-order valence-electron chi connectivity index (χ3n) is 3.13. The normalized spacial score (nSPS) is 37.8. The van der Waals surface area contributed by atoms with Gasteiger partial charge in [0.15, 0.2) is 0 Å². The minimum absolute atomic E-state index is 0.0595. The van der Waals surface area contributed by atoms with Gasteiger partial charge in [-0.2, -0.15) is 0 Å². The van der Waals surface area contributed by atoms with E-state index in [2.05, 4.69) is 0 Å². The van der Waals surface area contributed by atoms with Crippen LogP contribution in [0.1, 0.15) is 25.7 Å². The van der Waals surface area contributed by atoms with E-state index in [4.69, 9.17) is 19.9 Å². The summed E-state index contributed by atoms with van der Waals surface area (Å²) in [6.07, 6.45) is 4.78. The minimum atomic E-state index is 0.0595. The van der Waals surface area contributed by atoms with Crippen molar-refractivity contribution in [1.82, 2.24) is 0 Å². The topological polar surface area (TPSA) is 53.7 Å². The molecule has 0 radical (unpaired) electrons. The van der Waals surface area contributed by atoms with Gasteiger partial charge >= 0.3 is 0 Å². The summed E-state index contributed by atoms with van der Waals surface area (Å²) in [6.45, 7) is 2.94. The van der Waals surface area contributed by atoms with Crippen LogP contribution in [0.4, 0.5) is 0 Å². The Labute approximate surface area is 91.1 Å². The quantitative estimate of drug-likeness (QED) is 0.752. The third kappa shape index (κ3) is 3.41. The fraction of sp³-hybridized carbons (Fsp3) is 1.00. The number of hydrogen-bond acceptors (Lipinski definition) is 4. The zero-order chi connectivity index (χ0) is 10.5. The smallest absolute Gasteiger partial charge is 0.0960 e. The van der Waals surface area contributed by atoms with Gasteiger partial charge in [0.2, 0.25) is 0 Å². The van der Waals surface area contributed by atoms with Gasteiger partial charge in [-0.15, -0.1) is 0 Å². The molecule has 2 aliphatic heterocycles. The van der Waals surface area contributed by atoms with Crippen LogP contribution in [0.3, 0.4) is 0 Å². The second-order valence-corrected chi connectivity index (χ2v) is 4.39. The molecule has 0 aromatic rings. The summed E-state index contributed by atoms with van der Waals surface area (Å²) < 4.78 is 16.7. The van der Waals surface area contributed by atoms with E-state index in [9.17, 15) is 0 Å². The van der Waals surface area contributed by atoms with Crippen LogP contribution in [0, 0.1) is 0 Å². The minimum Gasteiger partial charge on any atom is -0.379 e. The van der Waals surface area contributed by atoms with Crippen molar-refractivity contribution in [3.05, 3.63) is 0 Å². The maximum absolute atomic E-state index is 5.95. The highest BCUT2D eigenvalue weighted by Crippen LogP contribution is 2.15. The Balaban J connectivity index is 1.67. The van der Waals surface area contributed by atoms with Crippen molar-refractivity contribution >= 4 is 0 Å². The number of rotatable bonds is 3. The van der Waals surface area contributed by atoms with Crippen molar-refractivity contribution in [1.29, 1.82) is 0 Å². The van der Waals surface area contributed by atoms with Gasteiger partial charge in [0.05, 0.1) is 25.4 Å². The predicted octanol–water partition coefficient (Wildman–Crippen LogP) is 0.688. The molecule has 2 fully saturated rings. The SMILES string of the molecule is N[C@@H]1CCOC[C@@H]1OC[C@@H]1CCCCO1. The van der Waals surface area contributed by atoms with Gasteiger partial charge in [0.25, 0.3) is 0 Å². The van der Waals surface area contributed by atoms with Crippen molar-refractivity contribution < 1.29 is 14.2 Å². The Morgan fingerprint density at radius 1 is 1.20 bits per heavy atom. The first-order valence-corrected chi connectivity index (χ1v) is 5.93. The molecule has 2 saturated heterocycles. The molecule has 0 amide bonds. The van der Waals surface area contributed by atoms with Gasteiger partial charge in [-0.25, -0.2) is 0 Å². The van der Waals surface area contributed by atoms with Gasteiger partial charge < -0.3 is 19.9 Å². The van der Waals surface area contributed by atoms with Crippen molar-refractivity contribution in [3.63, 3.8) is 0 Å². The van der Waals surface area contributed by atoms with Crippen molar-refractivity contribution in [3.8, 4) is 0 Å². The van der Waals surface area contributed by atoms with E-state index in [1.807, 2.05) is 0 Å². The van der Waals surface area contributed by atoms with Gasteiger partial charge in [-0.05, 0) is 25.7 Å². The number of nitrogens with two attached hydrogens (primary N) is 1. The first kappa shape index (κ1) is 11.3. The van der Waals surface area contributed by atoms with Gasteiger partial charge in [0.1, 0.15) is 0 Å². The molecule has 0 saturated carbocycles. The molecule has 4 nitrogen and oxygen atoms in total. The zero-order valence-corrected chi connectivity index (χ0v) is 9.19. The standard InChI is InChI=1S/C11H21NO3/c12-10-4-6-13-8-11(10)15-7-9-3-1-2-5-14-9/h9-11H,1-8,12H2/t9-,10+,11-/m0/s1. The summed E-state index contributed by atoms with van der Waals surface area (Å²) in [7, 11) is 0. The van der Waals surface area contributed by atoms with E-state index in [-0.39, 0.29) is 18.2 Å². The molecule has 2 rings (SSSR count). The van der Waals surface area contributed by atoms with E-state index in [0.717, 1.165) is 26.1 Å². The van der Waals surface area contributed by atoms with Crippen LogP contribution in [0.5, 0.6) is 0 Å². The van der Waals surface area contributed by atoms with E-state index in [1.54, 1.807) is 0 Å². The second-order valence-electron chi connectivity index (χ2n) is 4.39. The summed E-state index contributed by atoms with van der Waals surface area (Å²) >= 11 is 0. The lowest BCUT2D eigenvalue weighted by molar-refractivity contribution is -0.104. The summed E-state index contributed by atoms with van der Waals surface area (Å²) in [5.41, 5.74) is 5.95. The Kier molecular flexibility index (Phi) is 4.38. The zero-order valence-electron chi connectivity index (χ0n) is 9.19. The molecular weight excluding hydrogens is 194 g/mol. The molecule has 0 aromatic heterocycles. The first-order chi connectivity index (χ1) is 7.36. The number of hydrogen-bond donors (Lipinski definition) is 1. The maximum Gasteiger partial charge on any atom is 0.0960 e. The molecule has 0 unspecified atom stereocenters. The van der Waals surface area contributed by atoms with E-state index < -0.39 is 0 Å². The average molecular weight is 215 g/mol. The highest BCUT2D eigenvalue weighted by molar-refractivity contribution is 4.77. The lowest BCUT2D eigenvalue weighted by Crippen LogP contribution is -2.45. The average Bonchev–Trinajstić information content (AvgIpc) is 2.29. The largest absolute Gasteiger partial charge is 0.379 e. The number of ether oxygens (including phenoxy) is 3. The van der Waals surface area contributed by atoms with Crippen LogP contribution in [-0.2, 0) is 14.2 Å². The Morgan fingerprint density at radius 3 is 2.87 bits per heavy atom. The molecule has 0 bridgehead atoms. The highest BCUT2D eigenvalue weighted by Gasteiger charge is 2.24. The fourth-order valence-electron chi connectivity index (χ4n) is 2.07. The summed E-state index contributed by atoms with van der Waals surface area (Å²) in [5.74, 6) is 0. The molecule has 88 valence electrons. The molecule has 0 aromatic carbocycles. The summed E-state index contributed by atoms with van der Waals surface area (Å²) in [6, 6.07) is 0.127. The van der Waals surface area contributed by atoms with Crippen molar-refractivity contribution in [2.75, 3.05) is 26.4 Å². The third-order valence-corrected chi connectivity index (χ3v) is 3.13. The van der Waals surface area contributed by atoms with Crippen LogP contribution in [0.2, 0.25) is 0 Å². The predicted molar refractivity (Wildman–Crippen MR) is 56.7 cm³/mol. The van der Waals surface area contributed by atoms with Crippen LogP contribution in [0.15, 0.2) is 0 Å². The Bertz CT molecular complexity index is 183. The lowest BCUT2D eigenvalue weighted by atomic mass is 10.1. The van der Waals surface area contributed by atoms with Gasteiger partial charge in [-0.3, -0.25) is 0 Å². The van der Waals surface area contributed by atoms with Crippen LogP contribution < -0.4 is 5.73 Å². The van der Waals surface area contributed by atoms with Gasteiger partial charge in [-0.1, -0.05) is 0 Å². The molecule has 2 N–H and O–H groups in total. The van der Waals surface area contributed by atoms with Crippen LogP contribution >= 0.6 is 0 Å². The summed E-state index contributed by atoms with van der Waals surface area (Å²) in [5, 5.41) is 0.